The molecular formula is C16H21N3. The Hall–Kier alpha value is -1.77. The van der Waals surface area contributed by atoms with Crippen molar-refractivity contribution in [3.05, 3.63) is 35.2 Å². The molecule has 0 saturated heterocycles. The van der Waals surface area contributed by atoms with Crippen molar-refractivity contribution in [1.29, 1.82) is 0 Å². The number of hydrogen-bond donors (Lipinski definition) is 1. The molecule has 2 heterocycles. The van der Waals surface area contributed by atoms with Gasteiger partial charge in [-0.3, -0.25) is 0 Å². The predicted octanol–water partition coefficient (Wildman–Crippen LogP) is 3.33. The number of rotatable bonds is 1. The van der Waals surface area contributed by atoms with Crippen molar-refractivity contribution in [3.8, 4) is 11.3 Å². The normalized spacial score (nSPS) is 18.4. The van der Waals surface area contributed by atoms with Crippen molar-refractivity contribution in [1.82, 2.24) is 9.55 Å². The quantitative estimate of drug-likeness (QED) is 0.849. The number of fused-ring (bicyclic) bond motifs is 1. The van der Waals surface area contributed by atoms with Gasteiger partial charge in [-0.05, 0) is 31.7 Å². The molecule has 0 bridgehead atoms. The molecule has 3 nitrogen and oxygen atoms in total. The van der Waals surface area contributed by atoms with Gasteiger partial charge in [0.25, 0.3) is 0 Å². The molecule has 1 unspecified atom stereocenters. The summed E-state index contributed by atoms with van der Waals surface area (Å²) in [5.74, 6) is 2.68. The van der Waals surface area contributed by atoms with Gasteiger partial charge in [0.15, 0.2) is 0 Å². The molecule has 3 rings (SSSR count). The maximum absolute atomic E-state index is 6.31. The van der Waals surface area contributed by atoms with Crippen LogP contribution in [-0.4, -0.2) is 9.55 Å². The van der Waals surface area contributed by atoms with Crippen LogP contribution in [-0.2, 0) is 13.0 Å². The molecule has 0 radical (unpaired) electrons. The van der Waals surface area contributed by atoms with Crippen molar-refractivity contribution < 1.29 is 0 Å². The molecule has 19 heavy (non-hydrogen) atoms. The summed E-state index contributed by atoms with van der Waals surface area (Å²) in [5.41, 5.74) is 11.0. The fourth-order valence-electron chi connectivity index (χ4n) is 2.96. The first kappa shape index (κ1) is 12.3. The van der Waals surface area contributed by atoms with E-state index in [1.54, 1.807) is 0 Å². The number of nitrogen functional groups attached to an aromatic ring is 1. The minimum atomic E-state index is 0.710. The Balaban J connectivity index is 2.11. The van der Waals surface area contributed by atoms with Crippen LogP contribution in [0.25, 0.3) is 11.3 Å². The van der Waals surface area contributed by atoms with E-state index in [1.807, 2.05) is 0 Å². The zero-order chi connectivity index (χ0) is 13.6. The maximum Gasteiger partial charge on any atom is 0.131 e. The van der Waals surface area contributed by atoms with E-state index < -0.39 is 0 Å². The topological polar surface area (TPSA) is 43.8 Å². The molecule has 1 aliphatic heterocycles. The molecule has 1 atom stereocenters. The van der Waals surface area contributed by atoms with Crippen molar-refractivity contribution >= 4 is 5.82 Å². The lowest BCUT2D eigenvalue weighted by atomic mass is 10.0. The van der Waals surface area contributed by atoms with Crippen LogP contribution in [0.4, 0.5) is 5.82 Å². The van der Waals surface area contributed by atoms with Gasteiger partial charge in [-0.25, -0.2) is 4.98 Å². The number of anilines is 1. The van der Waals surface area contributed by atoms with Gasteiger partial charge >= 0.3 is 0 Å². The van der Waals surface area contributed by atoms with Gasteiger partial charge in [0.2, 0.25) is 0 Å². The van der Waals surface area contributed by atoms with Crippen LogP contribution in [0.3, 0.4) is 0 Å². The lowest BCUT2D eigenvalue weighted by Crippen LogP contribution is -2.18. The molecule has 0 spiro atoms. The largest absolute Gasteiger partial charge is 0.383 e. The highest BCUT2D eigenvalue weighted by Crippen LogP contribution is 2.32. The summed E-state index contributed by atoms with van der Waals surface area (Å²) in [5, 5.41) is 0. The van der Waals surface area contributed by atoms with Crippen molar-refractivity contribution in [3.63, 3.8) is 0 Å². The average Bonchev–Trinajstić information content (AvgIpc) is 2.66. The van der Waals surface area contributed by atoms with Gasteiger partial charge in [0.05, 0.1) is 0 Å². The summed E-state index contributed by atoms with van der Waals surface area (Å²) in [6, 6.07) is 6.46. The van der Waals surface area contributed by atoms with Gasteiger partial charge in [-0.15, -0.1) is 0 Å². The third-order valence-corrected chi connectivity index (χ3v) is 4.10. The minimum Gasteiger partial charge on any atom is -0.383 e. The number of imidazole rings is 1. The Kier molecular flexibility index (Phi) is 2.85. The van der Waals surface area contributed by atoms with E-state index in [0.717, 1.165) is 35.9 Å². The minimum absolute atomic E-state index is 0.710. The first-order valence-corrected chi connectivity index (χ1v) is 6.98. The van der Waals surface area contributed by atoms with Gasteiger partial charge in [0, 0.05) is 18.5 Å². The van der Waals surface area contributed by atoms with Crippen molar-refractivity contribution in [2.45, 2.75) is 40.2 Å². The van der Waals surface area contributed by atoms with Crippen LogP contribution in [0.15, 0.2) is 18.2 Å². The third-order valence-electron chi connectivity index (χ3n) is 4.10. The number of aromatic nitrogens is 2. The molecule has 100 valence electrons. The third kappa shape index (κ3) is 2.03. The first-order chi connectivity index (χ1) is 9.06. The summed E-state index contributed by atoms with van der Waals surface area (Å²) in [6.07, 6.45) is 2.23. The van der Waals surface area contributed by atoms with Crippen molar-refractivity contribution in [2.75, 3.05) is 5.73 Å². The van der Waals surface area contributed by atoms with E-state index in [9.17, 15) is 0 Å². The van der Waals surface area contributed by atoms with Crippen LogP contribution in [0.2, 0.25) is 0 Å². The van der Waals surface area contributed by atoms with E-state index >= 15 is 0 Å². The molecule has 3 heteroatoms. The molecule has 2 N–H and O–H groups in total. The number of hydrogen-bond acceptors (Lipinski definition) is 2. The lowest BCUT2D eigenvalue weighted by molar-refractivity contribution is 0.412. The Labute approximate surface area is 114 Å². The molecule has 0 aliphatic carbocycles. The molecule has 0 amide bonds. The smallest absolute Gasteiger partial charge is 0.131 e. The van der Waals surface area contributed by atoms with Crippen molar-refractivity contribution in [2.24, 2.45) is 5.92 Å². The Morgan fingerprint density at radius 1 is 1.32 bits per heavy atom. The van der Waals surface area contributed by atoms with Crippen LogP contribution in [0.5, 0.6) is 0 Å². The monoisotopic (exact) mass is 255 g/mol. The molecule has 0 fully saturated rings. The van der Waals surface area contributed by atoms with Crippen LogP contribution in [0.1, 0.15) is 30.3 Å². The van der Waals surface area contributed by atoms with Crippen LogP contribution in [0, 0.1) is 19.8 Å². The van der Waals surface area contributed by atoms with Gasteiger partial charge in [-0.2, -0.15) is 0 Å². The fraction of sp³-hybridized carbons (Fsp3) is 0.438. The zero-order valence-corrected chi connectivity index (χ0v) is 11.9. The number of nitrogens with two attached hydrogens (primary N) is 1. The number of benzene rings is 1. The summed E-state index contributed by atoms with van der Waals surface area (Å²) >= 11 is 0. The summed E-state index contributed by atoms with van der Waals surface area (Å²) in [4.78, 5) is 4.80. The van der Waals surface area contributed by atoms with Gasteiger partial charge in [0.1, 0.15) is 17.3 Å². The Morgan fingerprint density at radius 2 is 2.11 bits per heavy atom. The second-order valence-corrected chi connectivity index (χ2v) is 5.83. The molecule has 1 aromatic heterocycles. The van der Waals surface area contributed by atoms with E-state index in [2.05, 4.69) is 43.5 Å². The second kappa shape index (κ2) is 4.41. The van der Waals surface area contributed by atoms with E-state index in [0.29, 0.717) is 5.92 Å². The number of aryl methyl sites for hydroxylation is 2. The highest BCUT2D eigenvalue weighted by Gasteiger charge is 2.22. The van der Waals surface area contributed by atoms with E-state index in [4.69, 9.17) is 10.7 Å². The lowest BCUT2D eigenvalue weighted by Gasteiger charge is -2.20. The zero-order valence-electron chi connectivity index (χ0n) is 11.9. The summed E-state index contributed by atoms with van der Waals surface area (Å²) < 4.78 is 2.19. The van der Waals surface area contributed by atoms with Gasteiger partial charge in [-0.1, -0.05) is 30.7 Å². The van der Waals surface area contributed by atoms with Crippen LogP contribution < -0.4 is 5.73 Å². The maximum atomic E-state index is 6.31. The first-order valence-electron chi connectivity index (χ1n) is 6.98. The predicted molar refractivity (Wildman–Crippen MR) is 79.0 cm³/mol. The van der Waals surface area contributed by atoms with Crippen LogP contribution >= 0.6 is 0 Å². The average molecular weight is 255 g/mol. The highest BCUT2D eigenvalue weighted by atomic mass is 15.1. The molecule has 2 aromatic rings. The van der Waals surface area contributed by atoms with E-state index in [1.165, 1.54) is 17.5 Å². The second-order valence-electron chi connectivity index (χ2n) is 5.83. The fourth-order valence-corrected chi connectivity index (χ4v) is 2.96. The number of nitrogens with zero attached hydrogens (tertiary/aromatic N) is 2. The Morgan fingerprint density at radius 3 is 2.84 bits per heavy atom. The molecular weight excluding hydrogens is 234 g/mol. The highest BCUT2D eigenvalue weighted by molar-refractivity contribution is 5.74. The molecule has 0 saturated carbocycles. The molecule has 1 aromatic carbocycles. The standard InChI is InChI=1S/C16H21N3/c1-10-4-5-13(12(3)8-10)15-16(17)19-7-6-11(2)9-14(19)18-15/h4-5,8,11H,6-7,9,17H2,1-3H3. The van der Waals surface area contributed by atoms with E-state index in [-0.39, 0.29) is 0 Å². The summed E-state index contributed by atoms with van der Waals surface area (Å²) in [7, 11) is 0. The van der Waals surface area contributed by atoms with Gasteiger partial charge < -0.3 is 10.3 Å². The Bertz CT molecular complexity index is 625. The SMILES string of the molecule is Cc1ccc(-c2nc3n(c2N)CCC(C)C3)c(C)c1. The molecule has 1 aliphatic rings. The summed E-state index contributed by atoms with van der Waals surface area (Å²) in [6.45, 7) is 7.52.